The number of furan rings is 1. The van der Waals surface area contributed by atoms with Crippen molar-refractivity contribution in [2.75, 3.05) is 6.61 Å². The van der Waals surface area contributed by atoms with Crippen molar-refractivity contribution in [3.05, 3.63) is 112 Å². The fraction of sp³-hybridized carbons (Fsp3) is 0.179. The maximum absolute atomic E-state index is 13.7. The summed E-state index contributed by atoms with van der Waals surface area (Å²) in [5, 5.41) is 1.04. The lowest BCUT2D eigenvalue weighted by atomic mass is 9.95. The van der Waals surface area contributed by atoms with Crippen molar-refractivity contribution in [3.8, 4) is 11.3 Å². The van der Waals surface area contributed by atoms with Crippen molar-refractivity contribution < 1.29 is 13.9 Å². The monoisotopic (exact) mass is 552 g/mol. The van der Waals surface area contributed by atoms with Gasteiger partial charge in [-0.15, -0.1) is 0 Å². The Bertz CT molecular complexity index is 1730. The molecule has 0 saturated carbocycles. The van der Waals surface area contributed by atoms with Gasteiger partial charge in [0.1, 0.15) is 11.5 Å². The fourth-order valence-corrected chi connectivity index (χ4v) is 5.66. The third-order valence-corrected chi connectivity index (χ3v) is 7.55. The number of aromatic nitrogens is 1. The van der Waals surface area contributed by atoms with Crippen molar-refractivity contribution in [2.45, 2.75) is 26.8 Å². The van der Waals surface area contributed by atoms with Gasteiger partial charge in [0.05, 0.1) is 33.5 Å². The molecule has 188 valence electrons. The van der Waals surface area contributed by atoms with Crippen LogP contribution in [-0.2, 0) is 9.53 Å². The van der Waals surface area contributed by atoms with Gasteiger partial charge in [-0.2, -0.15) is 0 Å². The number of rotatable bonds is 5. The molecule has 1 aliphatic heterocycles. The van der Waals surface area contributed by atoms with Crippen molar-refractivity contribution in [1.29, 1.82) is 0 Å². The number of aryl methyl sites for hydroxylation is 1. The molecule has 1 aliphatic rings. The third kappa shape index (κ3) is 4.82. The van der Waals surface area contributed by atoms with E-state index in [0.717, 1.165) is 11.1 Å². The minimum absolute atomic E-state index is 0.220. The van der Waals surface area contributed by atoms with Crippen LogP contribution in [0.4, 0.5) is 0 Å². The molecule has 2 aromatic carbocycles. The SMILES string of the molecule is CCOC(=O)C1=C(C)N=c2s/c(=C\c3ccc(-c4cc(Cl)ccc4Cl)o3)c(=O)n2C1c1ccc(C)cc1. The Kier molecular flexibility index (Phi) is 6.94. The van der Waals surface area contributed by atoms with E-state index in [9.17, 15) is 9.59 Å². The van der Waals surface area contributed by atoms with Gasteiger partial charge in [-0.1, -0.05) is 64.4 Å². The summed E-state index contributed by atoms with van der Waals surface area (Å²) in [6.45, 7) is 5.71. The molecule has 1 atom stereocenters. The van der Waals surface area contributed by atoms with Crippen molar-refractivity contribution in [2.24, 2.45) is 4.99 Å². The van der Waals surface area contributed by atoms with E-state index in [1.54, 1.807) is 54.8 Å². The zero-order valence-corrected chi connectivity index (χ0v) is 22.6. The molecule has 0 fully saturated rings. The van der Waals surface area contributed by atoms with Gasteiger partial charge in [0.25, 0.3) is 5.56 Å². The molecule has 3 heterocycles. The van der Waals surface area contributed by atoms with Crippen LogP contribution < -0.4 is 14.9 Å². The van der Waals surface area contributed by atoms with Crippen LogP contribution in [-0.4, -0.2) is 17.1 Å². The Labute approximate surface area is 226 Å². The van der Waals surface area contributed by atoms with Crippen LogP contribution in [0.5, 0.6) is 0 Å². The molecule has 0 amide bonds. The van der Waals surface area contributed by atoms with Crippen LogP contribution >= 0.6 is 34.5 Å². The van der Waals surface area contributed by atoms with Crippen LogP contribution in [0.1, 0.15) is 36.8 Å². The van der Waals surface area contributed by atoms with Gasteiger partial charge < -0.3 is 9.15 Å². The Morgan fingerprint density at radius 3 is 2.62 bits per heavy atom. The van der Waals surface area contributed by atoms with Crippen LogP contribution in [0.2, 0.25) is 10.0 Å². The number of allylic oxidation sites excluding steroid dienone is 1. The molecule has 37 heavy (non-hydrogen) atoms. The van der Waals surface area contributed by atoms with Crippen LogP contribution in [0.3, 0.4) is 0 Å². The van der Waals surface area contributed by atoms with Gasteiger partial charge in [-0.3, -0.25) is 9.36 Å². The number of nitrogens with zero attached hydrogens (tertiary/aromatic N) is 2. The van der Waals surface area contributed by atoms with Crippen LogP contribution in [0.15, 0.2) is 80.1 Å². The largest absolute Gasteiger partial charge is 0.463 e. The Morgan fingerprint density at radius 2 is 1.89 bits per heavy atom. The highest BCUT2D eigenvalue weighted by Gasteiger charge is 2.33. The minimum Gasteiger partial charge on any atom is -0.463 e. The second kappa shape index (κ2) is 10.2. The summed E-state index contributed by atoms with van der Waals surface area (Å²) >= 11 is 13.7. The lowest BCUT2D eigenvalue weighted by molar-refractivity contribution is -0.139. The van der Waals surface area contributed by atoms with Gasteiger partial charge >= 0.3 is 5.97 Å². The van der Waals surface area contributed by atoms with Gasteiger partial charge in [0.15, 0.2) is 4.80 Å². The normalized spacial score (nSPS) is 15.5. The molecule has 5 rings (SSSR count). The van der Waals surface area contributed by atoms with Crippen LogP contribution in [0.25, 0.3) is 17.4 Å². The van der Waals surface area contributed by atoms with Crippen molar-refractivity contribution in [1.82, 2.24) is 4.57 Å². The predicted octanol–water partition coefficient (Wildman–Crippen LogP) is 5.67. The molecule has 2 aromatic heterocycles. The van der Waals surface area contributed by atoms with E-state index in [-0.39, 0.29) is 12.2 Å². The molecular weight excluding hydrogens is 531 g/mol. The number of fused-ring (bicyclic) bond motifs is 1. The average Bonchev–Trinajstić information content (AvgIpc) is 3.45. The first kappa shape index (κ1) is 25.3. The fourth-order valence-electron chi connectivity index (χ4n) is 4.25. The van der Waals surface area contributed by atoms with E-state index >= 15 is 0 Å². The summed E-state index contributed by atoms with van der Waals surface area (Å²) in [5.74, 6) is 0.520. The number of ether oxygens (including phenoxy) is 1. The van der Waals surface area contributed by atoms with E-state index < -0.39 is 12.0 Å². The summed E-state index contributed by atoms with van der Waals surface area (Å²) in [7, 11) is 0. The number of benzene rings is 2. The number of thiazole rings is 1. The van der Waals surface area contributed by atoms with Gasteiger partial charge in [-0.05, 0) is 56.7 Å². The second-order valence-corrected chi connectivity index (χ2v) is 10.4. The average molecular weight is 553 g/mol. The number of hydrogen-bond acceptors (Lipinski definition) is 6. The maximum Gasteiger partial charge on any atom is 0.338 e. The molecule has 0 bridgehead atoms. The quantitative estimate of drug-likeness (QED) is 0.299. The van der Waals surface area contributed by atoms with E-state index in [1.165, 1.54) is 11.3 Å². The molecule has 4 aromatic rings. The lowest BCUT2D eigenvalue weighted by Gasteiger charge is -2.24. The second-order valence-electron chi connectivity index (χ2n) is 8.54. The number of esters is 1. The topological polar surface area (TPSA) is 73.8 Å². The van der Waals surface area contributed by atoms with Gasteiger partial charge in [0, 0.05) is 16.7 Å². The molecule has 0 N–H and O–H groups in total. The molecule has 9 heteroatoms. The maximum atomic E-state index is 13.7. The summed E-state index contributed by atoms with van der Waals surface area (Å²) in [5.41, 5.74) is 3.12. The summed E-state index contributed by atoms with van der Waals surface area (Å²) in [4.78, 5) is 31.8. The van der Waals surface area contributed by atoms with E-state index in [0.29, 0.717) is 47.7 Å². The Hall–Kier alpha value is -3.39. The molecule has 1 unspecified atom stereocenters. The van der Waals surface area contributed by atoms with E-state index in [4.69, 9.17) is 32.4 Å². The number of carbonyl (C=O) groups is 1. The molecule has 0 radical (unpaired) electrons. The van der Waals surface area contributed by atoms with Gasteiger partial charge in [-0.25, -0.2) is 9.79 Å². The first-order valence-electron chi connectivity index (χ1n) is 11.6. The first-order valence-corrected chi connectivity index (χ1v) is 13.2. The third-order valence-electron chi connectivity index (χ3n) is 6.00. The Balaban J connectivity index is 1.64. The minimum atomic E-state index is -0.657. The highest BCUT2D eigenvalue weighted by molar-refractivity contribution is 7.07. The predicted molar refractivity (Wildman–Crippen MR) is 146 cm³/mol. The van der Waals surface area contributed by atoms with E-state index in [1.807, 2.05) is 31.2 Å². The summed E-state index contributed by atoms with van der Waals surface area (Å²) in [6.07, 6.45) is 1.67. The highest BCUT2D eigenvalue weighted by atomic mass is 35.5. The van der Waals surface area contributed by atoms with Crippen molar-refractivity contribution >= 4 is 46.6 Å². The van der Waals surface area contributed by atoms with E-state index in [2.05, 4.69) is 4.99 Å². The van der Waals surface area contributed by atoms with Crippen LogP contribution in [0, 0.1) is 6.92 Å². The molecule has 0 saturated heterocycles. The molecular formula is C28H22Cl2N2O4S. The Morgan fingerprint density at radius 1 is 1.14 bits per heavy atom. The number of hydrogen-bond donors (Lipinski definition) is 0. The van der Waals surface area contributed by atoms with Gasteiger partial charge in [0.2, 0.25) is 0 Å². The standard InChI is InChI=1S/C28H22Cl2N2O4S/c1-4-35-27(34)24-16(3)31-28-32(25(24)17-7-5-15(2)6-8-17)26(33)23(37-28)14-19-10-12-22(36-19)20-13-18(29)9-11-21(20)30/h5-14,25H,4H2,1-3H3/b23-14-. The smallest absolute Gasteiger partial charge is 0.338 e. The number of carbonyl (C=O) groups excluding carboxylic acids is 1. The highest BCUT2D eigenvalue weighted by Crippen LogP contribution is 2.33. The first-order chi connectivity index (χ1) is 17.8. The molecule has 6 nitrogen and oxygen atoms in total. The summed E-state index contributed by atoms with van der Waals surface area (Å²) < 4.78 is 13.3. The zero-order valence-electron chi connectivity index (χ0n) is 20.2. The number of halogens is 2. The summed E-state index contributed by atoms with van der Waals surface area (Å²) in [6, 6.07) is 15.8. The molecule has 0 spiro atoms. The van der Waals surface area contributed by atoms with Crippen molar-refractivity contribution in [3.63, 3.8) is 0 Å². The molecule has 0 aliphatic carbocycles. The zero-order chi connectivity index (χ0) is 26.3. The lowest BCUT2D eigenvalue weighted by Crippen LogP contribution is -2.39.